The van der Waals surface area contributed by atoms with Crippen LogP contribution in [0.4, 0.5) is 0 Å². The summed E-state index contributed by atoms with van der Waals surface area (Å²) in [6, 6.07) is 48.4. The van der Waals surface area contributed by atoms with Crippen LogP contribution < -0.4 is 0 Å². The van der Waals surface area contributed by atoms with Crippen LogP contribution in [0.5, 0.6) is 0 Å². The molecule has 0 aliphatic carbocycles. The second kappa shape index (κ2) is 9.54. The van der Waals surface area contributed by atoms with Crippen LogP contribution in [0.1, 0.15) is 0 Å². The van der Waals surface area contributed by atoms with Crippen molar-refractivity contribution in [2.24, 2.45) is 0 Å². The minimum Gasteiger partial charge on any atom is -0.309 e. The van der Waals surface area contributed by atoms with E-state index >= 15 is 0 Å². The number of pyridine rings is 1. The van der Waals surface area contributed by atoms with Gasteiger partial charge in [-0.25, -0.2) is 9.97 Å². The molecule has 3 heterocycles. The molecule has 41 heavy (non-hydrogen) atoms. The molecule has 3 aromatic heterocycles. The van der Waals surface area contributed by atoms with Crippen LogP contribution in [0.25, 0.3) is 72.3 Å². The average Bonchev–Trinajstić information content (AvgIpc) is 3.40. The zero-order valence-corrected chi connectivity index (χ0v) is 22.1. The van der Waals surface area contributed by atoms with Crippen LogP contribution >= 0.6 is 0 Å². The molecule has 4 nitrogen and oxygen atoms in total. The Bertz CT molecular complexity index is 2120. The molecule has 0 amide bonds. The van der Waals surface area contributed by atoms with Crippen LogP contribution in [0.15, 0.2) is 146 Å². The standard InChI is InChI=1S/C37H24N4/c1-2-11-26(12-3-1)32-24-33(31-15-8-9-23-38-31)40-37(39-32)27-17-20-28(21-18-27)41-34-16-7-6-14-30(34)36-29-13-5-4-10-25(29)19-22-35(36)41/h1-24H. The molecule has 0 bridgehead atoms. The Morgan fingerprint density at radius 2 is 1.20 bits per heavy atom. The largest absolute Gasteiger partial charge is 0.309 e. The molecule has 8 rings (SSSR count). The summed E-state index contributed by atoms with van der Waals surface area (Å²) in [6.45, 7) is 0. The lowest BCUT2D eigenvalue weighted by molar-refractivity contribution is 1.15. The zero-order chi connectivity index (χ0) is 27.2. The third-order valence-corrected chi connectivity index (χ3v) is 7.67. The second-order valence-corrected chi connectivity index (χ2v) is 10.1. The molecule has 0 unspecified atom stereocenters. The fourth-order valence-electron chi connectivity index (χ4n) is 5.76. The number of hydrogen-bond acceptors (Lipinski definition) is 3. The van der Waals surface area contributed by atoms with Crippen molar-refractivity contribution in [2.75, 3.05) is 0 Å². The van der Waals surface area contributed by atoms with Gasteiger partial charge in [-0.2, -0.15) is 0 Å². The van der Waals surface area contributed by atoms with Crippen LogP contribution in [0, 0.1) is 0 Å². The summed E-state index contributed by atoms with van der Waals surface area (Å²) < 4.78 is 2.35. The van der Waals surface area contributed by atoms with E-state index in [0.717, 1.165) is 33.9 Å². The summed E-state index contributed by atoms with van der Waals surface area (Å²) in [5.74, 6) is 0.673. The van der Waals surface area contributed by atoms with Crippen LogP contribution in [0.3, 0.4) is 0 Å². The lowest BCUT2D eigenvalue weighted by Gasteiger charge is -2.11. The average molecular weight is 525 g/mol. The predicted octanol–water partition coefficient (Wildman–Crippen LogP) is 9.12. The lowest BCUT2D eigenvalue weighted by atomic mass is 10.0. The number of para-hydroxylation sites is 1. The van der Waals surface area contributed by atoms with Gasteiger partial charge in [-0.15, -0.1) is 0 Å². The number of rotatable bonds is 4. The molecular weight excluding hydrogens is 500 g/mol. The molecule has 8 aromatic rings. The van der Waals surface area contributed by atoms with Gasteiger partial charge in [0.25, 0.3) is 0 Å². The Morgan fingerprint density at radius 3 is 2.02 bits per heavy atom. The number of hydrogen-bond donors (Lipinski definition) is 0. The Kier molecular flexibility index (Phi) is 5.42. The topological polar surface area (TPSA) is 43.6 Å². The SMILES string of the molecule is c1ccc(-c2cc(-c3ccccn3)nc(-c3ccc(-n4c5ccccc5c5c6ccccc6ccc54)cc3)n2)cc1. The molecule has 0 N–H and O–H groups in total. The minimum absolute atomic E-state index is 0.673. The number of aromatic nitrogens is 4. The first kappa shape index (κ1) is 23.3. The van der Waals surface area contributed by atoms with Gasteiger partial charge >= 0.3 is 0 Å². The summed E-state index contributed by atoms with van der Waals surface area (Å²) in [5, 5.41) is 5.05. The van der Waals surface area contributed by atoms with Crippen molar-refractivity contribution in [1.29, 1.82) is 0 Å². The first-order valence-corrected chi connectivity index (χ1v) is 13.7. The van der Waals surface area contributed by atoms with E-state index in [-0.39, 0.29) is 0 Å². The third kappa shape index (κ3) is 3.97. The first-order chi connectivity index (χ1) is 20.3. The first-order valence-electron chi connectivity index (χ1n) is 13.7. The highest BCUT2D eigenvalue weighted by atomic mass is 15.0. The maximum Gasteiger partial charge on any atom is 0.160 e. The number of fused-ring (bicyclic) bond motifs is 5. The van der Waals surface area contributed by atoms with Gasteiger partial charge < -0.3 is 4.57 Å². The van der Waals surface area contributed by atoms with Gasteiger partial charge in [-0.1, -0.05) is 84.9 Å². The minimum atomic E-state index is 0.673. The van der Waals surface area contributed by atoms with E-state index in [0.29, 0.717) is 5.82 Å². The molecule has 0 aliphatic rings. The van der Waals surface area contributed by atoms with Gasteiger partial charge in [0, 0.05) is 33.8 Å². The lowest BCUT2D eigenvalue weighted by Crippen LogP contribution is -1.98. The number of benzene rings is 5. The van der Waals surface area contributed by atoms with E-state index in [1.54, 1.807) is 6.20 Å². The number of nitrogens with zero attached hydrogens (tertiary/aromatic N) is 4. The fraction of sp³-hybridized carbons (Fsp3) is 0. The molecule has 0 saturated heterocycles. The molecule has 0 atom stereocenters. The molecule has 0 saturated carbocycles. The molecule has 0 aliphatic heterocycles. The van der Waals surface area contributed by atoms with Gasteiger partial charge in [0.2, 0.25) is 0 Å². The van der Waals surface area contributed by atoms with Gasteiger partial charge in [0.05, 0.1) is 28.1 Å². The van der Waals surface area contributed by atoms with Crippen molar-refractivity contribution in [3.63, 3.8) is 0 Å². The third-order valence-electron chi connectivity index (χ3n) is 7.67. The predicted molar refractivity (Wildman–Crippen MR) is 168 cm³/mol. The fourth-order valence-corrected chi connectivity index (χ4v) is 5.76. The van der Waals surface area contributed by atoms with Crippen LogP contribution in [0.2, 0.25) is 0 Å². The highest BCUT2D eigenvalue weighted by Crippen LogP contribution is 2.37. The van der Waals surface area contributed by atoms with Crippen molar-refractivity contribution >= 4 is 32.6 Å². The Hall–Kier alpha value is -5.61. The summed E-state index contributed by atoms with van der Waals surface area (Å²) in [6.07, 6.45) is 1.79. The van der Waals surface area contributed by atoms with E-state index in [4.69, 9.17) is 9.97 Å². The molecular formula is C37H24N4. The van der Waals surface area contributed by atoms with Crippen LogP contribution in [-0.2, 0) is 0 Å². The monoisotopic (exact) mass is 524 g/mol. The van der Waals surface area contributed by atoms with E-state index < -0.39 is 0 Å². The maximum absolute atomic E-state index is 4.98. The van der Waals surface area contributed by atoms with Crippen LogP contribution in [-0.4, -0.2) is 19.5 Å². The second-order valence-electron chi connectivity index (χ2n) is 10.1. The normalized spacial score (nSPS) is 11.4. The van der Waals surface area contributed by atoms with Gasteiger partial charge in [0.15, 0.2) is 5.82 Å². The Morgan fingerprint density at radius 1 is 0.463 bits per heavy atom. The smallest absolute Gasteiger partial charge is 0.160 e. The van der Waals surface area contributed by atoms with E-state index in [2.05, 4.69) is 107 Å². The Balaban J connectivity index is 1.29. The van der Waals surface area contributed by atoms with Crippen molar-refractivity contribution in [3.8, 4) is 39.7 Å². The molecule has 0 spiro atoms. The van der Waals surface area contributed by atoms with E-state index in [1.807, 2.05) is 42.5 Å². The Labute approximate surface area is 237 Å². The van der Waals surface area contributed by atoms with Gasteiger partial charge in [0.1, 0.15) is 0 Å². The van der Waals surface area contributed by atoms with Crippen molar-refractivity contribution in [3.05, 3.63) is 146 Å². The molecule has 5 aromatic carbocycles. The van der Waals surface area contributed by atoms with Crippen molar-refractivity contribution < 1.29 is 0 Å². The maximum atomic E-state index is 4.98. The highest BCUT2D eigenvalue weighted by molar-refractivity contribution is 6.21. The molecule has 4 heteroatoms. The van der Waals surface area contributed by atoms with Crippen molar-refractivity contribution in [1.82, 2.24) is 19.5 Å². The zero-order valence-electron chi connectivity index (χ0n) is 22.1. The molecule has 0 radical (unpaired) electrons. The highest BCUT2D eigenvalue weighted by Gasteiger charge is 2.15. The summed E-state index contributed by atoms with van der Waals surface area (Å²) >= 11 is 0. The van der Waals surface area contributed by atoms with Crippen molar-refractivity contribution in [2.45, 2.75) is 0 Å². The molecule has 192 valence electrons. The summed E-state index contributed by atoms with van der Waals surface area (Å²) in [4.78, 5) is 14.5. The summed E-state index contributed by atoms with van der Waals surface area (Å²) in [7, 11) is 0. The molecule has 0 fully saturated rings. The van der Waals surface area contributed by atoms with Gasteiger partial charge in [-0.05, 0) is 65.4 Å². The summed E-state index contributed by atoms with van der Waals surface area (Å²) in [5.41, 5.74) is 7.96. The quantitative estimate of drug-likeness (QED) is 0.231. The van der Waals surface area contributed by atoms with E-state index in [9.17, 15) is 0 Å². The van der Waals surface area contributed by atoms with E-state index in [1.165, 1.54) is 32.6 Å². The van der Waals surface area contributed by atoms with Gasteiger partial charge in [-0.3, -0.25) is 4.98 Å².